The zero-order valence-corrected chi connectivity index (χ0v) is 16.2. The minimum Gasteiger partial charge on any atom is -0.504 e. The topological polar surface area (TPSA) is 79.1 Å². The minimum absolute atomic E-state index is 0.0392. The zero-order chi connectivity index (χ0) is 17.9. The Morgan fingerprint density at radius 2 is 2.08 bits per heavy atom. The van der Waals surface area contributed by atoms with Crippen LogP contribution in [-0.2, 0) is 0 Å². The average molecular weight is 457 g/mol. The van der Waals surface area contributed by atoms with Crippen LogP contribution in [0.1, 0.15) is 28.4 Å². The summed E-state index contributed by atoms with van der Waals surface area (Å²) in [7, 11) is 0. The first-order chi connectivity index (χ1) is 11.4. The van der Waals surface area contributed by atoms with Crippen LogP contribution in [0.2, 0.25) is 0 Å². The van der Waals surface area contributed by atoms with Gasteiger partial charge in [0.15, 0.2) is 11.5 Å². The van der Waals surface area contributed by atoms with Gasteiger partial charge in [0.2, 0.25) is 0 Å². The monoisotopic (exact) mass is 455 g/mol. The normalized spacial score (nSPS) is 11.0. The summed E-state index contributed by atoms with van der Waals surface area (Å²) in [5.74, 6) is -0.706. The number of hydrogen-bond donors (Lipinski definition) is 2. The second kappa shape index (κ2) is 7.81. The number of aliphatic imine (C=N–C) groups is 1. The van der Waals surface area contributed by atoms with Crippen molar-refractivity contribution in [1.29, 1.82) is 0 Å². The molecular weight excluding hydrogens is 442 g/mol. The summed E-state index contributed by atoms with van der Waals surface area (Å²) >= 11 is 6.79. The Morgan fingerprint density at radius 3 is 2.71 bits per heavy atom. The second-order valence-electron chi connectivity index (χ2n) is 4.88. The number of nitrogens with zero attached hydrogens (tertiary/aromatic N) is 1. The molecule has 0 unspecified atom stereocenters. The highest BCUT2D eigenvalue weighted by atomic mass is 79.9. The van der Waals surface area contributed by atoms with E-state index in [1.54, 1.807) is 25.1 Å². The largest absolute Gasteiger partial charge is 0.504 e. The number of ether oxygens (including phenoxy) is 1. The van der Waals surface area contributed by atoms with Gasteiger partial charge in [0.05, 0.1) is 23.4 Å². The van der Waals surface area contributed by atoms with Crippen LogP contribution in [0.25, 0.3) is 0 Å². The molecule has 5 nitrogen and oxygen atoms in total. The van der Waals surface area contributed by atoms with Gasteiger partial charge in [-0.3, -0.25) is 4.99 Å². The number of carboxylic acids is 1. The summed E-state index contributed by atoms with van der Waals surface area (Å²) in [4.78, 5) is 15.5. The first-order valence-electron chi connectivity index (χ1n) is 7.07. The van der Waals surface area contributed by atoms with Crippen LogP contribution >= 0.6 is 31.9 Å². The number of aromatic carboxylic acids is 1. The lowest BCUT2D eigenvalue weighted by Crippen LogP contribution is -1.99. The van der Waals surface area contributed by atoms with Crippen LogP contribution in [0.15, 0.2) is 38.2 Å². The summed E-state index contributed by atoms with van der Waals surface area (Å²) < 4.78 is 6.73. The molecule has 2 aromatic rings. The van der Waals surface area contributed by atoms with Gasteiger partial charge in [0.25, 0.3) is 0 Å². The van der Waals surface area contributed by atoms with Crippen LogP contribution in [0, 0.1) is 6.92 Å². The maximum Gasteiger partial charge on any atom is 0.336 e. The van der Waals surface area contributed by atoms with Crippen molar-refractivity contribution in [2.45, 2.75) is 13.8 Å². The molecule has 0 spiro atoms. The average Bonchev–Trinajstić information content (AvgIpc) is 2.53. The van der Waals surface area contributed by atoms with E-state index in [2.05, 4.69) is 36.9 Å². The number of halogens is 2. The molecule has 0 amide bonds. The van der Waals surface area contributed by atoms with Gasteiger partial charge >= 0.3 is 5.97 Å². The molecule has 0 aliphatic heterocycles. The fraction of sp³-hybridized carbons (Fsp3) is 0.176. The number of benzene rings is 2. The SMILES string of the molecule is CCOc1cc(Br)c(Br)c(/C=N/c2cccc(C(=O)O)c2C)c1O. The Balaban J connectivity index is 2.50. The van der Waals surface area contributed by atoms with Crippen molar-refractivity contribution >= 4 is 49.7 Å². The molecule has 0 aliphatic rings. The van der Waals surface area contributed by atoms with E-state index in [0.29, 0.717) is 38.1 Å². The van der Waals surface area contributed by atoms with Crippen LogP contribution < -0.4 is 4.74 Å². The zero-order valence-electron chi connectivity index (χ0n) is 13.0. The van der Waals surface area contributed by atoms with E-state index in [0.717, 1.165) is 0 Å². The highest BCUT2D eigenvalue weighted by Crippen LogP contribution is 2.40. The van der Waals surface area contributed by atoms with E-state index in [4.69, 9.17) is 4.74 Å². The molecule has 24 heavy (non-hydrogen) atoms. The number of carboxylic acid groups (broad SMARTS) is 1. The standard InChI is InChI=1S/C17H15Br2NO4/c1-3-24-14-7-12(18)15(19)11(16(14)21)8-20-13-6-4-5-10(9(13)2)17(22)23/h4-8,21H,3H2,1-2H3,(H,22,23)/b20-8+. The lowest BCUT2D eigenvalue weighted by atomic mass is 10.1. The molecule has 0 heterocycles. The third-order valence-electron chi connectivity index (χ3n) is 3.36. The molecule has 126 valence electrons. The molecule has 0 aromatic heterocycles. The third-order valence-corrected chi connectivity index (χ3v) is 5.37. The van der Waals surface area contributed by atoms with Crippen LogP contribution in [0.5, 0.6) is 11.5 Å². The highest BCUT2D eigenvalue weighted by molar-refractivity contribution is 9.13. The van der Waals surface area contributed by atoms with Crippen molar-refractivity contribution < 1.29 is 19.7 Å². The van der Waals surface area contributed by atoms with Gasteiger partial charge in [0, 0.05) is 15.2 Å². The van der Waals surface area contributed by atoms with E-state index in [-0.39, 0.29) is 11.3 Å². The van der Waals surface area contributed by atoms with Gasteiger partial charge in [-0.15, -0.1) is 0 Å². The van der Waals surface area contributed by atoms with Crippen molar-refractivity contribution in [3.8, 4) is 11.5 Å². The van der Waals surface area contributed by atoms with E-state index >= 15 is 0 Å². The molecule has 0 radical (unpaired) electrons. The predicted octanol–water partition coefficient (Wildman–Crippen LogP) is 5.07. The summed E-state index contributed by atoms with van der Waals surface area (Å²) in [6.07, 6.45) is 1.47. The molecule has 0 aliphatic carbocycles. The molecule has 0 atom stereocenters. The lowest BCUT2D eigenvalue weighted by Gasteiger charge is -2.11. The number of carbonyl (C=O) groups is 1. The molecule has 0 bridgehead atoms. The van der Waals surface area contributed by atoms with E-state index in [1.165, 1.54) is 12.3 Å². The van der Waals surface area contributed by atoms with E-state index < -0.39 is 5.97 Å². The second-order valence-corrected chi connectivity index (χ2v) is 6.53. The Bertz CT molecular complexity index is 819. The van der Waals surface area contributed by atoms with Crippen LogP contribution in [0.4, 0.5) is 5.69 Å². The van der Waals surface area contributed by atoms with Crippen molar-refractivity contribution in [2.24, 2.45) is 4.99 Å². The van der Waals surface area contributed by atoms with Crippen molar-refractivity contribution in [3.05, 3.63) is 49.9 Å². The van der Waals surface area contributed by atoms with Gasteiger partial charge < -0.3 is 14.9 Å². The van der Waals surface area contributed by atoms with Crippen molar-refractivity contribution in [1.82, 2.24) is 0 Å². The Morgan fingerprint density at radius 1 is 1.38 bits per heavy atom. The molecule has 0 saturated carbocycles. The Hall–Kier alpha value is -1.86. The van der Waals surface area contributed by atoms with Crippen molar-refractivity contribution in [3.63, 3.8) is 0 Å². The lowest BCUT2D eigenvalue weighted by molar-refractivity contribution is 0.0696. The summed E-state index contributed by atoms with van der Waals surface area (Å²) in [6.45, 7) is 3.93. The number of hydrogen-bond acceptors (Lipinski definition) is 4. The minimum atomic E-state index is -1.00. The van der Waals surface area contributed by atoms with Gasteiger partial charge in [-0.25, -0.2) is 4.79 Å². The number of rotatable bonds is 5. The first-order valence-corrected chi connectivity index (χ1v) is 8.66. The summed E-state index contributed by atoms with van der Waals surface area (Å²) in [5.41, 5.74) is 1.70. The third kappa shape index (κ3) is 3.79. The van der Waals surface area contributed by atoms with Crippen LogP contribution in [0.3, 0.4) is 0 Å². The molecule has 7 heteroatoms. The molecule has 2 N–H and O–H groups in total. The number of phenolic OH excluding ortho intramolecular Hbond substituents is 1. The molecule has 2 rings (SSSR count). The van der Waals surface area contributed by atoms with Crippen molar-refractivity contribution in [2.75, 3.05) is 6.61 Å². The quantitative estimate of drug-likeness (QED) is 0.615. The number of phenols is 1. The number of aromatic hydroxyl groups is 1. The van der Waals surface area contributed by atoms with Gasteiger partial charge in [-0.05, 0) is 69.5 Å². The Kier molecular flexibility index (Phi) is 6.01. The predicted molar refractivity (Wildman–Crippen MR) is 100 cm³/mol. The fourth-order valence-electron chi connectivity index (χ4n) is 2.12. The van der Waals surface area contributed by atoms with E-state index in [1.807, 2.05) is 6.92 Å². The first kappa shape index (κ1) is 18.5. The molecule has 0 saturated heterocycles. The maximum atomic E-state index is 11.2. The summed E-state index contributed by atoms with van der Waals surface area (Å²) in [6, 6.07) is 6.53. The smallest absolute Gasteiger partial charge is 0.336 e. The van der Waals surface area contributed by atoms with Gasteiger partial charge in [-0.1, -0.05) is 6.07 Å². The summed E-state index contributed by atoms with van der Waals surface area (Å²) in [5, 5.41) is 19.5. The fourth-order valence-corrected chi connectivity index (χ4v) is 2.95. The van der Waals surface area contributed by atoms with Gasteiger partial charge in [0.1, 0.15) is 0 Å². The maximum absolute atomic E-state index is 11.2. The molecule has 0 fully saturated rings. The molecular formula is C17H15Br2NO4. The highest BCUT2D eigenvalue weighted by Gasteiger charge is 2.15. The van der Waals surface area contributed by atoms with Crippen LogP contribution in [-0.4, -0.2) is 29.0 Å². The van der Waals surface area contributed by atoms with E-state index in [9.17, 15) is 15.0 Å². The molecule has 2 aromatic carbocycles. The Labute approximate surface area is 156 Å². The van der Waals surface area contributed by atoms with Gasteiger partial charge in [-0.2, -0.15) is 0 Å².